The summed E-state index contributed by atoms with van der Waals surface area (Å²) in [6.07, 6.45) is 1.98. The van der Waals surface area contributed by atoms with Crippen molar-refractivity contribution in [3.05, 3.63) is 68.2 Å². The molecule has 0 aliphatic carbocycles. The van der Waals surface area contributed by atoms with Crippen LogP contribution < -0.4 is 4.74 Å². The zero-order valence-electron chi connectivity index (χ0n) is 15.7. The van der Waals surface area contributed by atoms with E-state index in [4.69, 9.17) is 27.9 Å². The van der Waals surface area contributed by atoms with E-state index >= 15 is 0 Å². The highest BCUT2D eigenvalue weighted by Gasteiger charge is 2.25. The van der Waals surface area contributed by atoms with Gasteiger partial charge in [-0.25, -0.2) is 4.79 Å². The van der Waals surface area contributed by atoms with Gasteiger partial charge in [-0.3, -0.25) is 4.79 Å². The van der Waals surface area contributed by atoms with Crippen LogP contribution in [0.15, 0.2) is 35.9 Å². The maximum atomic E-state index is 12.9. The fraction of sp³-hybridized carbons (Fsp3) is 0.238. The number of Topliss-reactive ketones (excluding diaryl/α,β-unsaturated/α-hetero) is 1. The number of ether oxygens (including phenoxy) is 1. The first-order chi connectivity index (χ1) is 13.1. The Morgan fingerprint density at radius 2 is 1.82 bits per heavy atom. The van der Waals surface area contributed by atoms with Crippen molar-refractivity contribution in [2.75, 3.05) is 7.11 Å². The van der Waals surface area contributed by atoms with Gasteiger partial charge >= 0.3 is 5.97 Å². The van der Waals surface area contributed by atoms with E-state index in [9.17, 15) is 19.8 Å². The Morgan fingerprint density at radius 1 is 1.14 bits per heavy atom. The normalized spacial score (nSPS) is 10.5. The highest BCUT2D eigenvalue weighted by atomic mass is 35.5. The van der Waals surface area contributed by atoms with Crippen molar-refractivity contribution in [1.29, 1.82) is 0 Å². The van der Waals surface area contributed by atoms with Gasteiger partial charge < -0.3 is 14.9 Å². The highest BCUT2D eigenvalue weighted by molar-refractivity contribution is 6.36. The van der Waals surface area contributed by atoms with E-state index in [1.165, 1.54) is 31.4 Å². The second-order valence-electron chi connectivity index (χ2n) is 6.44. The molecule has 2 aromatic rings. The maximum absolute atomic E-state index is 12.9. The Bertz CT molecular complexity index is 960. The van der Waals surface area contributed by atoms with Gasteiger partial charge in [-0.05, 0) is 44.0 Å². The van der Waals surface area contributed by atoms with Gasteiger partial charge in [-0.1, -0.05) is 34.9 Å². The maximum Gasteiger partial charge on any atom is 0.339 e. The number of carbonyl (C=O) groups excluding carboxylic acids is 1. The summed E-state index contributed by atoms with van der Waals surface area (Å²) in [6.45, 7) is 3.81. The van der Waals surface area contributed by atoms with Crippen LogP contribution in [0.3, 0.4) is 0 Å². The largest absolute Gasteiger partial charge is 0.507 e. The van der Waals surface area contributed by atoms with Gasteiger partial charge in [0.15, 0.2) is 5.78 Å². The number of phenols is 1. The number of carbonyl (C=O) groups is 2. The molecule has 28 heavy (non-hydrogen) atoms. The zero-order valence-corrected chi connectivity index (χ0v) is 17.2. The number of aromatic hydroxyl groups is 1. The number of benzene rings is 2. The number of carboxylic acid groups (broad SMARTS) is 1. The summed E-state index contributed by atoms with van der Waals surface area (Å²) < 4.78 is 5.32. The molecule has 0 saturated carbocycles. The predicted molar refractivity (Wildman–Crippen MR) is 109 cm³/mol. The fourth-order valence-electron chi connectivity index (χ4n) is 2.85. The summed E-state index contributed by atoms with van der Waals surface area (Å²) in [6, 6.07) is 5.72. The van der Waals surface area contributed by atoms with Gasteiger partial charge in [0.05, 0.1) is 12.1 Å². The summed E-state index contributed by atoms with van der Waals surface area (Å²) in [5.41, 5.74) is 1.63. The highest BCUT2D eigenvalue weighted by Crippen LogP contribution is 2.35. The Kier molecular flexibility index (Phi) is 7.11. The first-order valence-electron chi connectivity index (χ1n) is 8.42. The molecule has 0 bridgehead atoms. The molecule has 7 heteroatoms. The van der Waals surface area contributed by atoms with Crippen molar-refractivity contribution >= 4 is 35.0 Å². The molecule has 0 spiro atoms. The van der Waals surface area contributed by atoms with Crippen LogP contribution in [0, 0.1) is 0 Å². The second kappa shape index (κ2) is 9.13. The van der Waals surface area contributed by atoms with Crippen molar-refractivity contribution < 1.29 is 24.5 Å². The molecular formula is C21H20Cl2O5. The minimum atomic E-state index is -1.33. The molecule has 2 N–H and O–H groups in total. The molecule has 2 aromatic carbocycles. The number of hydrogen-bond acceptors (Lipinski definition) is 4. The van der Waals surface area contributed by atoms with Gasteiger partial charge in [-0.2, -0.15) is 0 Å². The third kappa shape index (κ3) is 4.86. The van der Waals surface area contributed by atoms with Crippen molar-refractivity contribution in [3.63, 3.8) is 0 Å². The molecule has 0 unspecified atom stereocenters. The first kappa shape index (κ1) is 21.8. The third-order valence-electron chi connectivity index (χ3n) is 4.20. The lowest BCUT2D eigenvalue weighted by Gasteiger charge is -2.17. The molecule has 0 amide bonds. The van der Waals surface area contributed by atoms with E-state index in [0.717, 1.165) is 5.57 Å². The van der Waals surface area contributed by atoms with Crippen molar-refractivity contribution in [1.82, 2.24) is 0 Å². The molecule has 0 aromatic heterocycles. The van der Waals surface area contributed by atoms with Crippen LogP contribution in [0.25, 0.3) is 0 Å². The van der Waals surface area contributed by atoms with Gasteiger partial charge in [0, 0.05) is 28.6 Å². The topological polar surface area (TPSA) is 83.8 Å². The number of rotatable bonds is 7. The SMILES string of the molecule is COc1cc(O)c(C(=O)O)c(CC(=O)c2ccc(Cl)cc2Cl)c1CC=C(C)C. The average molecular weight is 423 g/mol. The molecule has 0 radical (unpaired) electrons. The predicted octanol–water partition coefficient (Wildman–Crippen LogP) is 5.34. The van der Waals surface area contributed by atoms with Gasteiger partial charge in [0.2, 0.25) is 0 Å². The molecule has 148 valence electrons. The number of methoxy groups -OCH3 is 1. The van der Waals surface area contributed by atoms with E-state index in [-0.39, 0.29) is 28.1 Å². The summed E-state index contributed by atoms with van der Waals surface area (Å²) in [5.74, 6) is -1.88. The second-order valence-corrected chi connectivity index (χ2v) is 7.29. The molecule has 5 nitrogen and oxygen atoms in total. The summed E-state index contributed by atoms with van der Waals surface area (Å²) in [7, 11) is 1.42. The Balaban J connectivity index is 2.64. The molecule has 0 aliphatic rings. The quantitative estimate of drug-likeness (QED) is 0.464. The lowest BCUT2D eigenvalue weighted by molar-refractivity contribution is 0.0692. The Labute approximate surface area is 173 Å². The van der Waals surface area contributed by atoms with Crippen molar-refractivity contribution in [3.8, 4) is 11.5 Å². The number of aromatic carboxylic acids is 1. The van der Waals surface area contributed by atoms with Crippen LogP contribution in [0.1, 0.15) is 45.7 Å². The summed E-state index contributed by atoms with van der Waals surface area (Å²) in [5, 5.41) is 20.4. The van der Waals surface area contributed by atoms with Gasteiger partial charge in [0.25, 0.3) is 0 Å². The van der Waals surface area contributed by atoms with Crippen molar-refractivity contribution in [2.24, 2.45) is 0 Å². The van der Waals surface area contributed by atoms with Gasteiger partial charge in [-0.15, -0.1) is 0 Å². The molecule has 0 aliphatic heterocycles. The zero-order chi connectivity index (χ0) is 21.0. The fourth-order valence-corrected chi connectivity index (χ4v) is 3.37. The molecule has 0 fully saturated rings. The summed E-state index contributed by atoms with van der Waals surface area (Å²) in [4.78, 5) is 24.7. The standard InChI is InChI=1S/C21H20Cl2O5/c1-11(2)4-6-13-15(20(21(26)27)18(25)10-19(13)28-3)9-17(24)14-7-5-12(22)8-16(14)23/h4-5,7-8,10,25H,6,9H2,1-3H3,(H,26,27). The number of ketones is 1. The average Bonchev–Trinajstić information content (AvgIpc) is 2.59. The van der Waals surface area contributed by atoms with E-state index in [0.29, 0.717) is 22.8 Å². The van der Waals surface area contributed by atoms with Crippen LogP contribution in [0.2, 0.25) is 10.0 Å². The molecule has 0 atom stereocenters. The first-order valence-corrected chi connectivity index (χ1v) is 9.17. The van der Waals surface area contributed by atoms with Gasteiger partial charge in [0.1, 0.15) is 17.1 Å². The Hall–Kier alpha value is -2.50. The number of hydrogen-bond donors (Lipinski definition) is 2. The smallest absolute Gasteiger partial charge is 0.339 e. The molecule has 0 saturated heterocycles. The minimum absolute atomic E-state index is 0.173. The minimum Gasteiger partial charge on any atom is -0.507 e. The monoisotopic (exact) mass is 422 g/mol. The lowest BCUT2D eigenvalue weighted by atomic mass is 9.90. The van der Waals surface area contributed by atoms with Crippen LogP contribution in [0.5, 0.6) is 11.5 Å². The van der Waals surface area contributed by atoms with Crippen molar-refractivity contribution in [2.45, 2.75) is 26.7 Å². The van der Waals surface area contributed by atoms with E-state index in [1.54, 1.807) is 0 Å². The molecule has 2 rings (SSSR count). The third-order valence-corrected chi connectivity index (χ3v) is 4.75. The molecular weight excluding hydrogens is 403 g/mol. The van der Waals surface area contributed by atoms with Crippen LogP contribution in [-0.2, 0) is 12.8 Å². The van der Waals surface area contributed by atoms with Crippen LogP contribution >= 0.6 is 23.2 Å². The number of halogens is 2. The summed E-state index contributed by atoms with van der Waals surface area (Å²) >= 11 is 12.0. The number of allylic oxidation sites excluding steroid dienone is 2. The van der Waals surface area contributed by atoms with E-state index in [1.807, 2.05) is 19.9 Å². The molecule has 0 heterocycles. The van der Waals surface area contributed by atoms with E-state index in [2.05, 4.69) is 0 Å². The Morgan fingerprint density at radius 3 is 2.36 bits per heavy atom. The van der Waals surface area contributed by atoms with E-state index < -0.39 is 17.5 Å². The number of carboxylic acids is 1. The lowest BCUT2D eigenvalue weighted by Crippen LogP contribution is -2.13. The van der Waals surface area contributed by atoms with Crippen LogP contribution in [-0.4, -0.2) is 29.1 Å². The van der Waals surface area contributed by atoms with Crippen LogP contribution in [0.4, 0.5) is 0 Å².